The third-order valence-electron chi connectivity index (χ3n) is 2.33. The zero-order valence-corrected chi connectivity index (χ0v) is 7.69. The average Bonchev–Trinajstić information content (AvgIpc) is 2.82. The highest BCUT2D eigenvalue weighted by molar-refractivity contribution is 5.71. The summed E-state index contributed by atoms with van der Waals surface area (Å²) in [5.41, 5.74) is 0. The lowest BCUT2D eigenvalue weighted by molar-refractivity contribution is 0.110. The molecule has 0 N–H and O–H groups in total. The largest absolute Gasteiger partial charge is 0.438 e. The molecule has 1 aromatic rings. The van der Waals surface area contributed by atoms with E-state index in [9.17, 15) is 4.79 Å². The smallest absolute Gasteiger partial charge is 0.196 e. The fourth-order valence-corrected chi connectivity index (χ4v) is 1.39. The van der Waals surface area contributed by atoms with Gasteiger partial charge in [-0.15, -0.1) is 0 Å². The van der Waals surface area contributed by atoms with Crippen molar-refractivity contribution in [3.8, 4) is 0 Å². The van der Waals surface area contributed by atoms with Gasteiger partial charge in [-0.3, -0.25) is 4.79 Å². The molecule has 3 heteroatoms. The summed E-state index contributed by atoms with van der Waals surface area (Å²) in [4.78, 5) is 12.4. The number of furan rings is 1. The van der Waals surface area contributed by atoms with E-state index in [1.807, 2.05) is 13.1 Å². The predicted octanol–water partition coefficient (Wildman–Crippen LogP) is 1.94. The maximum Gasteiger partial charge on any atom is 0.196 e. The molecule has 0 atom stereocenters. The molecule has 0 aliphatic heterocycles. The van der Waals surface area contributed by atoms with Gasteiger partial charge < -0.3 is 9.32 Å². The highest BCUT2D eigenvalue weighted by Gasteiger charge is 2.23. The average molecular weight is 179 g/mol. The van der Waals surface area contributed by atoms with Gasteiger partial charge in [0.1, 0.15) is 0 Å². The van der Waals surface area contributed by atoms with E-state index in [1.165, 1.54) is 12.8 Å². The van der Waals surface area contributed by atoms with E-state index in [0.717, 1.165) is 24.6 Å². The number of nitrogens with zero attached hydrogens (tertiary/aromatic N) is 1. The van der Waals surface area contributed by atoms with Crippen LogP contribution in [0.3, 0.4) is 0 Å². The third-order valence-corrected chi connectivity index (χ3v) is 2.33. The van der Waals surface area contributed by atoms with Crippen LogP contribution in [0.15, 0.2) is 16.5 Å². The molecular formula is C10H13NO2. The number of carbonyl (C=O) groups is 1. The van der Waals surface area contributed by atoms with Gasteiger partial charge in [0.25, 0.3) is 0 Å². The van der Waals surface area contributed by atoms with Crippen molar-refractivity contribution in [3.05, 3.63) is 17.9 Å². The Morgan fingerprint density at radius 3 is 2.92 bits per heavy atom. The number of rotatable bonds is 4. The quantitative estimate of drug-likeness (QED) is 0.662. The van der Waals surface area contributed by atoms with Crippen LogP contribution in [0.2, 0.25) is 0 Å². The van der Waals surface area contributed by atoms with Crippen molar-refractivity contribution in [2.24, 2.45) is 5.92 Å². The topological polar surface area (TPSA) is 33.5 Å². The molecule has 0 saturated heterocycles. The molecule has 0 amide bonds. The Hall–Kier alpha value is -1.25. The molecule has 0 aromatic carbocycles. The molecule has 0 radical (unpaired) electrons. The molecule has 2 rings (SSSR count). The molecular weight excluding hydrogens is 166 g/mol. The predicted molar refractivity (Wildman–Crippen MR) is 50.1 cm³/mol. The lowest BCUT2D eigenvalue weighted by Gasteiger charge is -2.14. The molecule has 1 heterocycles. The van der Waals surface area contributed by atoms with Crippen LogP contribution < -0.4 is 4.90 Å². The standard InChI is InChI=1S/C10H13NO2/c1-11(6-8-2-3-8)10-5-4-9(7-12)13-10/h4-5,7-8H,2-3,6H2,1H3. The number of hydrogen-bond donors (Lipinski definition) is 0. The minimum absolute atomic E-state index is 0.401. The van der Waals surface area contributed by atoms with Crippen LogP contribution >= 0.6 is 0 Å². The molecule has 0 unspecified atom stereocenters. The lowest BCUT2D eigenvalue weighted by Crippen LogP contribution is -2.19. The van der Waals surface area contributed by atoms with Gasteiger partial charge in [-0.05, 0) is 24.8 Å². The van der Waals surface area contributed by atoms with Crippen LogP contribution in [0.5, 0.6) is 0 Å². The summed E-state index contributed by atoms with van der Waals surface area (Å²) in [6, 6.07) is 3.54. The molecule has 1 fully saturated rings. The second-order valence-electron chi connectivity index (χ2n) is 3.62. The van der Waals surface area contributed by atoms with Crippen molar-refractivity contribution >= 4 is 12.2 Å². The van der Waals surface area contributed by atoms with E-state index in [-0.39, 0.29) is 0 Å². The normalized spacial score (nSPS) is 15.8. The van der Waals surface area contributed by atoms with Crippen LogP contribution in [-0.4, -0.2) is 19.9 Å². The molecule has 0 spiro atoms. The Morgan fingerprint density at radius 2 is 2.38 bits per heavy atom. The zero-order chi connectivity index (χ0) is 9.26. The van der Waals surface area contributed by atoms with Gasteiger partial charge in [0.15, 0.2) is 17.9 Å². The van der Waals surface area contributed by atoms with Gasteiger partial charge in [-0.1, -0.05) is 0 Å². The van der Waals surface area contributed by atoms with Crippen molar-refractivity contribution in [2.45, 2.75) is 12.8 Å². The Bertz CT molecular complexity index is 302. The summed E-state index contributed by atoms with van der Waals surface area (Å²) in [6.45, 7) is 1.03. The van der Waals surface area contributed by atoms with E-state index in [4.69, 9.17) is 4.42 Å². The van der Waals surface area contributed by atoms with Crippen molar-refractivity contribution in [3.63, 3.8) is 0 Å². The first kappa shape index (κ1) is 8.35. The number of aldehydes is 1. The Kier molecular flexibility index (Phi) is 2.08. The maximum absolute atomic E-state index is 10.4. The molecule has 70 valence electrons. The highest BCUT2D eigenvalue weighted by atomic mass is 16.4. The number of hydrogen-bond acceptors (Lipinski definition) is 3. The number of anilines is 1. The molecule has 1 saturated carbocycles. The van der Waals surface area contributed by atoms with Crippen molar-refractivity contribution < 1.29 is 9.21 Å². The minimum atomic E-state index is 0.401. The first-order valence-electron chi connectivity index (χ1n) is 4.56. The van der Waals surface area contributed by atoms with E-state index in [1.54, 1.807) is 6.07 Å². The molecule has 1 aromatic heterocycles. The van der Waals surface area contributed by atoms with Crippen LogP contribution in [0.25, 0.3) is 0 Å². The third kappa shape index (κ3) is 1.91. The molecule has 1 aliphatic rings. The lowest BCUT2D eigenvalue weighted by atomic mass is 10.4. The molecule has 13 heavy (non-hydrogen) atoms. The van der Waals surface area contributed by atoms with E-state index < -0.39 is 0 Å². The maximum atomic E-state index is 10.4. The van der Waals surface area contributed by atoms with Crippen molar-refractivity contribution in [1.82, 2.24) is 0 Å². The van der Waals surface area contributed by atoms with Gasteiger partial charge >= 0.3 is 0 Å². The van der Waals surface area contributed by atoms with Gasteiger partial charge in [-0.2, -0.15) is 0 Å². The fraction of sp³-hybridized carbons (Fsp3) is 0.500. The van der Waals surface area contributed by atoms with E-state index in [2.05, 4.69) is 4.90 Å². The van der Waals surface area contributed by atoms with Crippen LogP contribution in [0.1, 0.15) is 23.4 Å². The summed E-state index contributed by atoms with van der Waals surface area (Å²) in [5.74, 6) is 2.02. The Labute approximate surface area is 77.3 Å². The second-order valence-corrected chi connectivity index (χ2v) is 3.62. The summed E-state index contributed by atoms with van der Waals surface area (Å²) >= 11 is 0. The summed E-state index contributed by atoms with van der Waals surface area (Å²) in [5, 5.41) is 0. The number of carbonyl (C=O) groups excluding carboxylic acids is 1. The minimum Gasteiger partial charge on any atom is -0.438 e. The Morgan fingerprint density at radius 1 is 1.62 bits per heavy atom. The van der Waals surface area contributed by atoms with Crippen LogP contribution in [-0.2, 0) is 0 Å². The molecule has 3 nitrogen and oxygen atoms in total. The van der Waals surface area contributed by atoms with Crippen LogP contribution in [0, 0.1) is 5.92 Å². The molecule has 0 bridgehead atoms. The van der Waals surface area contributed by atoms with Gasteiger partial charge in [0.2, 0.25) is 0 Å². The summed E-state index contributed by atoms with van der Waals surface area (Å²) in [7, 11) is 1.99. The zero-order valence-electron chi connectivity index (χ0n) is 7.69. The second kappa shape index (κ2) is 3.24. The van der Waals surface area contributed by atoms with Gasteiger partial charge in [0, 0.05) is 19.7 Å². The summed E-state index contributed by atoms with van der Waals surface area (Å²) < 4.78 is 5.28. The van der Waals surface area contributed by atoms with Gasteiger partial charge in [0.05, 0.1) is 0 Å². The first-order valence-corrected chi connectivity index (χ1v) is 4.56. The highest BCUT2D eigenvalue weighted by Crippen LogP contribution is 2.31. The van der Waals surface area contributed by atoms with Crippen molar-refractivity contribution in [1.29, 1.82) is 0 Å². The monoisotopic (exact) mass is 179 g/mol. The SMILES string of the molecule is CN(CC1CC1)c1ccc(C=O)o1. The first-order chi connectivity index (χ1) is 6.29. The Balaban J connectivity index is 2.00. The van der Waals surface area contributed by atoms with Gasteiger partial charge in [-0.25, -0.2) is 0 Å². The summed E-state index contributed by atoms with van der Waals surface area (Å²) in [6.07, 6.45) is 3.38. The molecule has 1 aliphatic carbocycles. The van der Waals surface area contributed by atoms with E-state index in [0.29, 0.717) is 5.76 Å². The fourth-order valence-electron chi connectivity index (χ4n) is 1.39. The van der Waals surface area contributed by atoms with Crippen molar-refractivity contribution in [2.75, 3.05) is 18.5 Å². The van der Waals surface area contributed by atoms with Crippen LogP contribution in [0.4, 0.5) is 5.88 Å². The van der Waals surface area contributed by atoms with E-state index >= 15 is 0 Å².